The molecule has 0 rings (SSSR count). The van der Waals surface area contributed by atoms with Crippen molar-refractivity contribution in [3.8, 4) is 0 Å². The zero-order valence-electron chi connectivity index (χ0n) is 11.7. The average molecular weight is 244 g/mol. The number of carbonyl (C=O) groups is 1. The fraction of sp³-hybridized carbons (Fsp3) is 0.917. The normalized spacial score (nSPS) is 12.8. The van der Waals surface area contributed by atoms with Gasteiger partial charge < -0.3 is 20.9 Å². The maximum absolute atomic E-state index is 11.9. The van der Waals surface area contributed by atoms with Gasteiger partial charge in [0, 0.05) is 45.2 Å². The van der Waals surface area contributed by atoms with Gasteiger partial charge in [-0.25, -0.2) is 0 Å². The number of nitrogens with one attached hydrogen (secondary N) is 1. The van der Waals surface area contributed by atoms with E-state index in [2.05, 4.69) is 10.2 Å². The number of amides is 1. The van der Waals surface area contributed by atoms with Gasteiger partial charge in [0.15, 0.2) is 0 Å². The topological polar surface area (TPSA) is 61.6 Å². The van der Waals surface area contributed by atoms with Crippen molar-refractivity contribution in [3.05, 3.63) is 0 Å². The standard InChI is InChI=1S/C12H28N4O/c1-5-16(6-2)12(17)9-11(10-13)14-7-8-15(3)4/h11,14H,5-10,13H2,1-4H3. The quantitative estimate of drug-likeness (QED) is 0.586. The predicted octanol–water partition coefficient (Wildman–Crippen LogP) is -0.277. The van der Waals surface area contributed by atoms with Crippen LogP contribution in [0.1, 0.15) is 20.3 Å². The van der Waals surface area contributed by atoms with E-state index in [1.54, 1.807) is 0 Å². The summed E-state index contributed by atoms with van der Waals surface area (Å²) < 4.78 is 0. The van der Waals surface area contributed by atoms with Crippen LogP contribution in [0, 0.1) is 0 Å². The number of hydrogen-bond acceptors (Lipinski definition) is 4. The van der Waals surface area contributed by atoms with E-state index < -0.39 is 0 Å². The van der Waals surface area contributed by atoms with Crippen molar-refractivity contribution >= 4 is 5.91 Å². The van der Waals surface area contributed by atoms with Crippen molar-refractivity contribution in [3.63, 3.8) is 0 Å². The Morgan fingerprint density at radius 1 is 1.29 bits per heavy atom. The lowest BCUT2D eigenvalue weighted by Crippen LogP contribution is -2.44. The van der Waals surface area contributed by atoms with Gasteiger partial charge in [0.2, 0.25) is 5.91 Å². The lowest BCUT2D eigenvalue weighted by Gasteiger charge is -2.23. The first-order chi connectivity index (χ1) is 8.04. The van der Waals surface area contributed by atoms with Crippen molar-refractivity contribution < 1.29 is 4.79 Å². The molecular formula is C12H28N4O. The molecule has 0 spiro atoms. The first-order valence-corrected chi connectivity index (χ1v) is 6.41. The fourth-order valence-electron chi connectivity index (χ4n) is 1.65. The van der Waals surface area contributed by atoms with Crippen LogP contribution in [0.3, 0.4) is 0 Å². The maximum Gasteiger partial charge on any atom is 0.224 e. The molecule has 17 heavy (non-hydrogen) atoms. The Hall–Kier alpha value is -0.650. The van der Waals surface area contributed by atoms with Crippen LogP contribution in [-0.4, -0.2) is 68.6 Å². The summed E-state index contributed by atoms with van der Waals surface area (Å²) in [4.78, 5) is 15.8. The monoisotopic (exact) mass is 244 g/mol. The number of hydrogen-bond donors (Lipinski definition) is 2. The molecule has 0 saturated carbocycles. The molecular weight excluding hydrogens is 216 g/mol. The van der Waals surface area contributed by atoms with Crippen molar-refractivity contribution in [1.29, 1.82) is 0 Å². The SMILES string of the molecule is CCN(CC)C(=O)CC(CN)NCCN(C)C. The zero-order chi connectivity index (χ0) is 13.3. The van der Waals surface area contributed by atoms with Crippen LogP contribution in [-0.2, 0) is 4.79 Å². The zero-order valence-corrected chi connectivity index (χ0v) is 11.7. The number of rotatable bonds is 9. The van der Waals surface area contributed by atoms with Gasteiger partial charge in [0.05, 0.1) is 0 Å². The first-order valence-electron chi connectivity index (χ1n) is 6.41. The Morgan fingerprint density at radius 2 is 1.88 bits per heavy atom. The van der Waals surface area contributed by atoms with Crippen LogP contribution in [0.4, 0.5) is 0 Å². The molecule has 1 unspecified atom stereocenters. The molecule has 102 valence electrons. The molecule has 0 aliphatic heterocycles. The van der Waals surface area contributed by atoms with Crippen LogP contribution < -0.4 is 11.1 Å². The molecule has 5 heteroatoms. The minimum absolute atomic E-state index is 0.0862. The van der Waals surface area contributed by atoms with E-state index in [0.717, 1.165) is 26.2 Å². The second-order valence-electron chi connectivity index (χ2n) is 4.46. The van der Waals surface area contributed by atoms with Crippen LogP contribution in [0.15, 0.2) is 0 Å². The Kier molecular flexibility index (Phi) is 9.03. The summed E-state index contributed by atoms with van der Waals surface area (Å²) in [5.74, 6) is 0.183. The molecule has 0 bridgehead atoms. The highest BCUT2D eigenvalue weighted by Crippen LogP contribution is 1.98. The summed E-state index contributed by atoms with van der Waals surface area (Å²) in [6.07, 6.45) is 0.492. The van der Waals surface area contributed by atoms with Crippen LogP contribution in [0.2, 0.25) is 0 Å². The van der Waals surface area contributed by atoms with Crippen LogP contribution in [0.25, 0.3) is 0 Å². The van der Waals surface area contributed by atoms with Crippen molar-refractivity contribution in [2.75, 3.05) is 46.8 Å². The second-order valence-corrected chi connectivity index (χ2v) is 4.46. The van der Waals surface area contributed by atoms with Gasteiger partial charge >= 0.3 is 0 Å². The highest BCUT2D eigenvalue weighted by atomic mass is 16.2. The molecule has 0 aromatic carbocycles. The highest BCUT2D eigenvalue weighted by molar-refractivity contribution is 5.76. The molecule has 0 aromatic heterocycles. The van der Waals surface area contributed by atoms with Gasteiger partial charge in [-0.15, -0.1) is 0 Å². The largest absolute Gasteiger partial charge is 0.343 e. The van der Waals surface area contributed by atoms with Gasteiger partial charge in [-0.3, -0.25) is 4.79 Å². The number of nitrogens with zero attached hydrogens (tertiary/aromatic N) is 2. The molecule has 1 amide bonds. The molecule has 0 aromatic rings. The van der Waals surface area contributed by atoms with E-state index in [0.29, 0.717) is 13.0 Å². The third-order valence-electron chi connectivity index (χ3n) is 2.81. The van der Waals surface area contributed by atoms with Crippen molar-refractivity contribution in [2.45, 2.75) is 26.3 Å². The summed E-state index contributed by atoms with van der Waals surface area (Å²) in [6, 6.07) is 0.0862. The van der Waals surface area contributed by atoms with E-state index in [4.69, 9.17) is 5.73 Å². The lowest BCUT2D eigenvalue weighted by molar-refractivity contribution is -0.131. The summed E-state index contributed by atoms with van der Waals surface area (Å²) in [5, 5.41) is 3.32. The van der Waals surface area contributed by atoms with E-state index >= 15 is 0 Å². The van der Waals surface area contributed by atoms with Gasteiger partial charge in [-0.2, -0.15) is 0 Å². The Labute approximate surface area is 105 Å². The van der Waals surface area contributed by atoms with E-state index in [1.807, 2.05) is 32.8 Å². The third kappa shape index (κ3) is 7.31. The fourth-order valence-corrected chi connectivity index (χ4v) is 1.65. The molecule has 5 nitrogen and oxygen atoms in total. The van der Waals surface area contributed by atoms with Crippen molar-refractivity contribution in [2.24, 2.45) is 5.73 Å². The smallest absolute Gasteiger partial charge is 0.224 e. The minimum atomic E-state index is 0.0862. The summed E-state index contributed by atoms with van der Waals surface area (Å²) >= 11 is 0. The molecule has 0 aliphatic rings. The summed E-state index contributed by atoms with van der Waals surface area (Å²) in [7, 11) is 4.06. The Balaban J connectivity index is 3.98. The molecule has 1 atom stereocenters. The van der Waals surface area contributed by atoms with E-state index in [9.17, 15) is 4.79 Å². The summed E-state index contributed by atoms with van der Waals surface area (Å²) in [5.41, 5.74) is 5.67. The van der Waals surface area contributed by atoms with Gasteiger partial charge in [0.1, 0.15) is 0 Å². The predicted molar refractivity (Wildman–Crippen MR) is 71.9 cm³/mol. The molecule has 0 saturated heterocycles. The molecule has 0 aliphatic carbocycles. The van der Waals surface area contributed by atoms with Crippen LogP contribution in [0.5, 0.6) is 0 Å². The molecule has 3 N–H and O–H groups in total. The van der Waals surface area contributed by atoms with Gasteiger partial charge in [0.25, 0.3) is 0 Å². The first kappa shape index (κ1) is 16.4. The Bertz CT molecular complexity index is 205. The summed E-state index contributed by atoms with van der Waals surface area (Å²) in [6.45, 7) is 7.85. The van der Waals surface area contributed by atoms with Gasteiger partial charge in [-0.05, 0) is 27.9 Å². The number of likely N-dealkylation sites (N-methyl/N-ethyl adjacent to an activating group) is 1. The van der Waals surface area contributed by atoms with Crippen LogP contribution >= 0.6 is 0 Å². The van der Waals surface area contributed by atoms with E-state index in [-0.39, 0.29) is 11.9 Å². The Morgan fingerprint density at radius 3 is 2.29 bits per heavy atom. The molecule has 0 fully saturated rings. The van der Waals surface area contributed by atoms with Gasteiger partial charge in [-0.1, -0.05) is 0 Å². The highest BCUT2D eigenvalue weighted by Gasteiger charge is 2.15. The molecule has 0 heterocycles. The minimum Gasteiger partial charge on any atom is -0.343 e. The average Bonchev–Trinajstić information content (AvgIpc) is 2.28. The lowest BCUT2D eigenvalue weighted by atomic mass is 10.2. The third-order valence-corrected chi connectivity index (χ3v) is 2.81. The number of carbonyl (C=O) groups excluding carboxylic acids is 1. The van der Waals surface area contributed by atoms with E-state index in [1.165, 1.54) is 0 Å². The molecule has 0 radical (unpaired) electrons. The maximum atomic E-state index is 11.9. The number of nitrogens with two attached hydrogens (primary N) is 1. The second kappa shape index (κ2) is 9.39. The van der Waals surface area contributed by atoms with Crippen molar-refractivity contribution in [1.82, 2.24) is 15.1 Å².